The number of Topliss-reactive ketones (excluding diaryl/α,β-unsaturated/α-hetero) is 1. The Hall–Kier alpha value is -1.99. The molecule has 1 aromatic carbocycles. The van der Waals surface area contributed by atoms with E-state index < -0.39 is 17.6 Å². The Kier molecular flexibility index (Phi) is 3.24. The summed E-state index contributed by atoms with van der Waals surface area (Å²) in [6.45, 7) is 1.86. The third-order valence-corrected chi connectivity index (χ3v) is 6.08. The number of benzene rings is 1. The first-order valence-corrected chi connectivity index (χ1v) is 8.60. The molecule has 3 atom stereocenters. The molecule has 3 aliphatic heterocycles. The highest BCUT2D eigenvalue weighted by Gasteiger charge is 2.68. The number of hydrogen-bond donors (Lipinski definition) is 1. The molecular weight excluding hydrogens is 423 g/mol. The van der Waals surface area contributed by atoms with E-state index in [2.05, 4.69) is 11.4 Å². The Bertz CT molecular complexity index is 848. The lowest BCUT2D eigenvalue weighted by molar-refractivity contribution is -0.127. The predicted molar refractivity (Wildman–Crippen MR) is 92.2 cm³/mol. The first-order valence-electron chi connectivity index (χ1n) is 7.52. The zero-order valence-corrected chi connectivity index (χ0v) is 14.9. The van der Waals surface area contributed by atoms with Crippen molar-refractivity contribution in [1.82, 2.24) is 10.2 Å². The number of urea groups is 1. The molecule has 3 unspecified atom stereocenters. The number of nitriles is 1. The van der Waals surface area contributed by atoms with Crippen molar-refractivity contribution in [2.24, 2.45) is 0 Å². The fourth-order valence-corrected chi connectivity index (χ4v) is 4.61. The molecule has 0 spiro atoms. The fourth-order valence-electron chi connectivity index (χ4n) is 3.99. The number of rotatable bonds is 2. The molecule has 7 nitrogen and oxygen atoms in total. The predicted octanol–water partition coefficient (Wildman–Crippen LogP) is 1.00. The van der Waals surface area contributed by atoms with Crippen molar-refractivity contribution in [1.29, 1.82) is 5.26 Å². The van der Waals surface area contributed by atoms with Crippen molar-refractivity contribution in [3.63, 3.8) is 0 Å². The van der Waals surface area contributed by atoms with Gasteiger partial charge in [0.2, 0.25) is 0 Å². The summed E-state index contributed by atoms with van der Waals surface area (Å²) in [7, 11) is 0. The number of fused-ring (bicyclic) bond motifs is 5. The van der Waals surface area contributed by atoms with E-state index in [0.29, 0.717) is 27.8 Å². The number of anilines is 1. The molecule has 1 N–H and O–H groups in total. The van der Waals surface area contributed by atoms with Crippen LogP contribution in [0.3, 0.4) is 0 Å². The van der Waals surface area contributed by atoms with Crippen LogP contribution in [0.2, 0.25) is 0 Å². The van der Waals surface area contributed by atoms with Crippen molar-refractivity contribution >= 4 is 46.0 Å². The van der Waals surface area contributed by atoms with Gasteiger partial charge in [-0.05, 0) is 54.1 Å². The quantitative estimate of drug-likeness (QED) is 0.552. The van der Waals surface area contributed by atoms with Gasteiger partial charge in [0.05, 0.1) is 11.3 Å². The molecule has 122 valence electrons. The van der Waals surface area contributed by atoms with Gasteiger partial charge in [-0.15, -0.1) is 0 Å². The standard InChI is InChI=1S/C16H13IN4O3/c1-8(22)16-5-12(19-7-16)13-14(23)20(15(24)21(13)16)10-3-2-9(6-18)11(17)4-10/h2-4,12-13,19H,5,7H2,1H3. The van der Waals surface area contributed by atoms with E-state index in [0.717, 1.165) is 4.90 Å². The van der Waals surface area contributed by atoms with Crippen molar-refractivity contribution < 1.29 is 14.4 Å². The number of nitrogens with one attached hydrogen (secondary N) is 1. The lowest BCUT2D eigenvalue weighted by Crippen LogP contribution is -2.60. The molecule has 3 saturated heterocycles. The van der Waals surface area contributed by atoms with E-state index in [1.165, 1.54) is 11.8 Å². The Labute approximate surface area is 151 Å². The molecular formula is C16H13IN4O3. The van der Waals surface area contributed by atoms with Crippen LogP contribution < -0.4 is 10.2 Å². The first kappa shape index (κ1) is 15.5. The zero-order chi connectivity index (χ0) is 17.2. The second kappa shape index (κ2) is 5.00. The van der Waals surface area contributed by atoms with Crippen molar-refractivity contribution in [2.45, 2.75) is 31.0 Å². The molecule has 0 aromatic heterocycles. The van der Waals surface area contributed by atoms with Gasteiger partial charge in [-0.3, -0.25) is 14.5 Å². The fraction of sp³-hybridized carbons (Fsp3) is 0.375. The summed E-state index contributed by atoms with van der Waals surface area (Å²) in [6, 6.07) is 5.61. The van der Waals surface area contributed by atoms with E-state index in [1.54, 1.807) is 18.2 Å². The van der Waals surface area contributed by atoms with Crippen LogP contribution in [0.1, 0.15) is 18.9 Å². The van der Waals surface area contributed by atoms with Gasteiger partial charge >= 0.3 is 6.03 Å². The highest BCUT2D eigenvalue weighted by atomic mass is 127. The van der Waals surface area contributed by atoms with E-state index in [-0.39, 0.29) is 17.7 Å². The van der Waals surface area contributed by atoms with Gasteiger partial charge < -0.3 is 5.32 Å². The third-order valence-electron chi connectivity index (χ3n) is 5.19. The second-order valence-corrected chi connectivity index (χ2v) is 7.49. The van der Waals surface area contributed by atoms with Gasteiger partial charge in [0.25, 0.3) is 5.91 Å². The Morgan fingerprint density at radius 2 is 2.21 bits per heavy atom. The summed E-state index contributed by atoms with van der Waals surface area (Å²) in [5.74, 6) is -0.418. The smallest absolute Gasteiger partial charge is 0.308 e. The van der Waals surface area contributed by atoms with Crippen LogP contribution in [-0.4, -0.2) is 46.8 Å². The van der Waals surface area contributed by atoms with E-state index in [1.807, 2.05) is 22.6 Å². The molecule has 3 heterocycles. The van der Waals surface area contributed by atoms with Gasteiger partial charge in [-0.1, -0.05) is 0 Å². The first-order chi connectivity index (χ1) is 11.4. The molecule has 4 rings (SSSR count). The highest BCUT2D eigenvalue weighted by Crippen LogP contribution is 2.45. The van der Waals surface area contributed by atoms with Crippen LogP contribution in [0.15, 0.2) is 18.2 Å². The maximum atomic E-state index is 12.9. The molecule has 0 aliphatic carbocycles. The molecule has 8 heteroatoms. The monoisotopic (exact) mass is 436 g/mol. The Morgan fingerprint density at radius 3 is 2.83 bits per heavy atom. The molecule has 3 aliphatic rings. The zero-order valence-electron chi connectivity index (χ0n) is 12.7. The number of carbonyl (C=O) groups excluding carboxylic acids is 3. The SMILES string of the molecule is CC(=O)C12CNC(C1)C1C(=O)N(c3ccc(C#N)c(I)c3)C(=O)N12. The average molecular weight is 436 g/mol. The topological polar surface area (TPSA) is 93.5 Å². The number of carbonyl (C=O) groups is 3. The molecule has 1 aromatic rings. The Morgan fingerprint density at radius 1 is 1.46 bits per heavy atom. The Balaban J connectivity index is 1.78. The summed E-state index contributed by atoms with van der Waals surface area (Å²) in [4.78, 5) is 40.6. The third kappa shape index (κ3) is 1.76. The largest absolute Gasteiger partial charge is 0.333 e. The lowest BCUT2D eigenvalue weighted by atomic mass is 9.94. The van der Waals surface area contributed by atoms with Crippen LogP contribution in [-0.2, 0) is 9.59 Å². The van der Waals surface area contributed by atoms with Gasteiger partial charge in [0.15, 0.2) is 5.78 Å². The number of halogens is 1. The van der Waals surface area contributed by atoms with Gasteiger partial charge in [-0.2, -0.15) is 5.26 Å². The van der Waals surface area contributed by atoms with E-state index in [9.17, 15) is 14.4 Å². The lowest BCUT2D eigenvalue weighted by Gasteiger charge is -2.35. The summed E-state index contributed by atoms with van der Waals surface area (Å²) < 4.78 is 0.669. The molecule has 3 amide bonds. The van der Waals surface area contributed by atoms with Crippen LogP contribution in [0, 0.1) is 14.9 Å². The maximum absolute atomic E-state index is 12.9. The minimum atomic E-state index is -0.920. The molecule has 24 heavy (non-hydrogen) atoms. The van der Waals surface area contributed by atoms with Gasteiger partial charge in [-0.25, -0.2) is 9.69 Å². The van der Waals surface area contributed by atoms with Crippen molar-refractivity contribution in [3.05, 3.63) is 27.3 Å². The van der Waals surface area contributed by atoms with Crippen molar-refractivity contribution in [3.8, 4) is 6.07 Å². The molecule has 3 fully saturated rings. The molecule has 0 radical (unpaired) electrons. The van der Waals surface area contributed by atoms with Gasteiger partial charge in [0.1, 0.15) is 17.6 Å². The number of piperazine rings is 1. The number of nitrogens with zero attached hydrogens (tertiary/aromatic N) is 3. The van der Waals surface area contributed by atoms with E-state index in [4.69, 9.17) is 5.26 Å². The number of hydrogen-bond acceptors (Lipinski definition) is 5. The second-order valence-electron chi connectivity index (χ2n) is 6.33. The number of ketones is 1. The number of imide groups is 1. The highest BCUT2D eigenvalue weighted by molar-refractivity contribution is 14.1. The van der Waals surface area contributed by atoms with Crippen LogP contribution in [0.4, 0.5) is 10.5 Å². The number of amides is 3. The van der Waals surface area contributed by atoms with Crippen molar-refractivity contribution in [2.75, 3.05) is 11.4 Å². The van der Waals surface area contributed by atoms with Crippen LogP contribution in [0.25, 0.3) is 0 Å². The van der Waals surface area contributed by atoms with Gasteiger partial charge in [0, 0.05) is 16.2 Å². The minimum Gasteiger partial charge on any atom is -0.308 e. The summed E-state index contributed by atoms with van der Waals surface area (Å²) in [6.07, 6.45) is 0.489. The molecule has 0 saturated carbocycles. The summed E-state index contributed by atoms with van der Waals surface area (Å²) >= 11 is 2.00. The summed E-state index contributed by atoms with van der Waals surface area (Å²) in [5, 5.41) is 12.2. The molecule has 2 bridgehead atoms. The normalized spacial score (nSPS) is 30.7. The van der Waals surface area contributed by atoms with E-state index >= 15 is 0 Å². The van der Waals surface area contributed by atoms with Crippen LogP contribution in [0.5, 0.6) is 0 Å². The maximum Gasteiger partial charge on any atom is 0.333 e. The average Bonchev–Trinajstić information content (AvgIpc) is 3.19. The minimum absolute atomic E-state index is 0.0996. The van der Waals surface area contributed by atoms with Crippen LogP contribution >= 0.6 is 22.6 Å². The summed E-state index contributed by atoms with van der Waals surface area (Å²) in [5.41, 5.74) is -0.00174.